The Labute approximate surface area is 101 Å². The molecule has 0 spiro atoms. The summed E-state index contributed by atoms with van der Waals surface area (Å²) >= 11 is 13.7. The van der Waals surface area contributed by atoms with Gasteiger partial charge in [0.2, 0.25) is 0 Å². The van der Waals surface area contributed by atoms with Crippen LogP contribution < -0.4 is 0 Å². The number of thiophene rings is 1. The molecule has 0 atom stereocenters. The number of fused-ring (bicyclic) bond motifs is 3. The van der Waals surface area contributed by atoms with E-state index in [1.807, 2.05) is 24.3 Å². The lowest BCUT2D eigenvalue weighted by atomic mass is 10.1. The van der Waals surface area contributed by atoms with Crippen LogP contribution in [0.25, 0.3) is 20.2 Å². The van der Waals surface area contributed by atoms with Crippen molar-refractivity contribution < 1.29 is 0 Å². The van der Waals surface area contributed by atoms with Gasteiger partial charge in [-0.3, -0.25) is 0 Å². The Kier molecular flexibility index (Phi) is 2.13. The molecule has 0 bridgehead atoms. The van der Waals surface area contributed by atoms with Gasteiger partial charge in [0.05, 0.1) is 0 Å². The Balaban J connectivity index is 2.55. The lowest BCUT2D eigenvalue weighted by Gasteiger charge is -1.93. The zero-order valence-corrected chi connectivity index (χ0v) is 9.96. The molecular weight excluding hydrogens is 247 g/mol. The molecule has 74 valence electrons. The van der Waals surface area contributed by atoms with Gasteiger partial charge in [-0.05, 0) is 36.4 Å². The van der Waals surface area contributed by atoms with E-state index in [9.17, 15) is 0 Å². The molecule has 0 aliphatic rings. The Morgan fingerprint density at radius 2 is 1.20 bits per heavy atom. The Hall–Kier alpha value is -0.760. The topological polar surface area (TPSA) is 0 Å². The second kappa shape index (κ2) is 3.38. The zero-order chi connectivity index (χ0) is 10.4. The van der Waals surface area contributed by atoms with Crippen LogP contribution in [0.1, 0.15) is 0 Å². The Morgan fingerprint density at radius 1 is 0.733 bits per heavy atom. The summed E-state index contributed by atoms with van der Waals surface area (Å²) in [5.74, 6) is 0. The molecule has 0 saturated heterocycles. The highest BCUT2D eigenvalue weighted by Crippen LogP contribution is 2.36. The molecule has 0 aliphatic heterocycles. The van der Waals surface area contributed by atoms with E-state index in [0.717, 1.165) is 10.0 Å². The van der Waals surface area contributed by atoms with Crippen LogP contribution in [0.5, 0.6) is 0 Å². The van der Waals surface area contributed by atoms with Crippen LogP contribution in [0.3, 0.4) is 0 Å². The van der Waals surface area contributed by atoms with Gasteiger partial charge in [-0.25, -0.2) is 0 Å². The molecule has 0 unspecified atom stereocenters. The second-order valence-electron chi connectivity index (χ2n) is 3.38. The normalized spacial score (nSPS) is 11.3. The van der Waals surface area contributed by atoms with Crippen LogP contribution in [-0.4, -0.2) is 0 Å². The number of hydrogen-bond acceptors (Lipinski definition) is 1. The van der Waals surface area contributed by atoms with Gasteiger partial charge in [0, 0.05) is 30.2 Å². The summed E-state index contributed by atoms with van der Waals surface area (Å²) in [5.41, 5.74) is 0. The fraction of sp³-hybridized carbons (Fsp3) is 0. The maximum atomic E-state index is 5.99. The first-order valence-electron chi connectivity index (χ1n) is 4.51. The summed E-state index contributed by atoms with van der Waals surface area (Å²) in [6, 6.07) is 11.9. The van der Waals surface area contributed by atoms with Gasteiger partial charge in [-0.15, -0.1) is 11.3 Å². The zero-order valence-electron chi connectivity index (χ0n) is 7.63. The summed E-state index contributed by atoms with van der Waals surface area (Å²) < 4.78 is 2.49. The van der Waals surface area contributed by atoms with Crippen molar-refractivity contribution in [3.05, 3.63) is 46.4 Å². The van der Waals surface area contributed by atoms with Crippen molar-refractivity contribution in [3.8, 4) is 0 Å². The Morgan fingerprint density at radius 3 is 1.67 bits per heavy atom. The number of halogens is 2. The van der Waals surface area contributed by atoms with Crippen molar-refractivity contribution in [1.29, 1.82) is 0 Å². The first kappa shape index (κ1) is 9.46. The van der Waals surface area contributed by atoms with Crippen LogP contribution in [0, 0.1) is 0 Å². The van der Waals surface area contributed by atoms with E-state index in [0.29, 0.717) is 0 Å². The predicted molar refractivity (Wildman–Crippen MR) is 69.4 cm³/mol. The molecule has 1 aromatic heterocycles. The van der Waals surface area contributed by atoms with Gasteiger partial charge in [0.15, 0.2) is 0 Å². The number of rotatable bonds is 0. The molecule has 0 nitrogen and oxygen atoms in total. The molecule has 3 aromatic rings. The van der Waals surface area contributed by atoms with E-state index in [2.05, 4.69) is 12.1 Å². The Bertz CT molecular complexity index is 599. The quantitative estimate of drug-likeness (QED) is 0.505. The minimum Gasteiger partial charge on any atom is -0.135 e. The van der Waals surface area contributed by atoms with Crippen LogP contribution in [0.2, 0.25) is 10.0 Å². The number of hydrogen-bond donors (Lipinski definition) is 0. The smallest absolute Gasteiger partial charge is 0.0413 e. The van der Waals surface area contributed by atoms with Crippen molar-refractivity contribution in [2.75, 3.05) is 0 Å². The van der Waals surface area contributed by atoms with Crippen LogP contribution in [-0.2, 0) is 0 Å². The van der Waals surface area contributed by atoms with Gasteiger partial charge in [0.1, 0.15) is 0 Å². The van der Waals surface area contributed by atoms with E-state index in [-0.39, 0.29) is 0 Å². The van der Waals surface area contributed by atoms with Crippen LogP contribution in [0.15, 0.2) is 36.4 Å². The molecule has 0 saturated carbocycles. The first-order valence-corrected chi connectivity index (χ1v) is 6.08. The molecule has 0 fully saturated rings. The van der Waals surface area contributed by atoms with Crippen molar-refractivity contribution in [2.24, 2.45) is 0 Å². The average molecular weight is 253 g/mol. The van der Waals surface area contributed by atoms with Gasteiger partial charge < -0.3 is 0 Å². The largest absolute Gasteiger partial charge is 0.135 e. The van der Waals surface area contributed by atoms with Crippen LogP contribution >= 0.6 is 34.5 Å². The third kappa shape index (κ3) is 1.51. The highest BCUT2D eigenvalue weighted by molar-refractivity contribution is 7.25. The monoisotopic (exact) mass is 252 g/mol. The maximum absolute atomic E-state index is 5.99. The molecule has 15 heavy (non-hydrogen) atoms. The lowest BCUT2D eigenvalue weighted by Crippen LogP contribution is -1.67. The minimum absolute atomic E-state index is 0.766. The maximum Gasteiger partial charge on any atom is 0.0413 e. The van der Waals surface area contributed by atoms with E-state index < -0.39 is 0 Å². The summed E-state index contributed by atoms with van der Waals surface area (Å²) in [5, 5.41) is 3.90. The summed E-state index contributed by atoms with van der Waals surface area (Å²) in [7, 11) is 0. The fourth-order valence-electron chi connectivity index (χ4n) is 1.72. The van der Waals surface area contributed by atoms with Crippen LogP contribution in [0.4, 0.5) is 0 Å². The molecule has 0 amide bonds. The second-order valence-corrected chi connectivity index (χ2v) is 5.34. The summed E-state index contributed by atoms with van der Waals surface area (Å²) in [6.45, 7) is 0. The molecule has 0 radical (unpaired) electrons. The summed E-state index contributed by atoms with van der Waals surface area (Å²) in [6.07, 6.45) is 0. The van der Waals surface area contributed by atoms with E-state index in [4.69, 9.17) is 23.2 Å². The lowest BCUT2D eigenvalue weighted by molar-refractivity contribution is 1.83. The number of benzene rings is 2. The van der Waals surface area contributed by atoms with Crippen molar-refractivity contribution in [2.45, 2.75) is 0 Å². The van der Waals surface area contributed by atoms with Gasteiger partial charge in [-0.2, -0.15) is 0 Å². The first-order chi connectivity index (χ1) is 7.24. The third-order valence-corrected chi connectivity index (χ3v) is 4.02. The van der Waals surface area contributed by atoms with E-state index >= 15 is 0 Å². The van der Waals surface area contributed by atoms with Gasteiger partial charge >= 0.3 is 0 Å². The standard InChI is InChI=1S/C12H6Cl2S/c13-7-1-3-11-9(5-7)10-6-8(14)2-4-12(10)15-11/h1-6H. The summed E-state index contributed by atoms with van der Waals surface area (Å²) in [4.78, 5) is 0. The third-order valence-electron chi connectivity index (χ3n) is 2.39. The highest BCUT2D eigenvalue weighted by atomic mass is 35.5. The molecule has 3 heteroatoms. The van der Waals surface area contributed by atoms with E-state index in [1.54, 1.807) is 11.3 Å². The SMILES string of the molecule is Clc1ccc2sc3ccc(Cl)cc3c2c1. The molecule has 3 rings (SSSR count). The molecule has 0 aliphatic carbocycles. The predicted octanol–water partition coefficient (Wildman–Crippen LogP) is 5.36. The van der Waals surface area contributed by atoms with Crippen molar-refractivity contribution in [3.63, 3.8) is 0 Å². The molecular formula is C12H6Cl2S. The van der Waals surface area contributed by atoms with E-state index in [1.165, 1.54) is 20.2 Å². The van der Waals surface area contributed by atoms with Gasteiger partial charge in [0.25, 0.3) is 0 Å². The molecule has 0 N–H and O–H groups in total. The fourth-order valence-corrected chi connectivity index (χ4v) is 3.13. The highest BCUT2D eigenvalue weighted by Gasteiger charge is 2.05. The molecule has 2 aromatic carbocycles. The molecule has 1 heterocycles. The van der Waals surface area contributed by atoms with Gasteiger partial charge in [-0.1, -0.05) is 23.2 Å². The average Bonchev–Trinajstić information content (AvgIpc) is 2.56. The van der Waals surface area contributed by atoms with Crippen molar-refractivity contribution >= 4 is 54.7 Å². The minimum atomic E-state index is 0.766. The van der Waals surface area contributed by atoms with Crippen molar-refractivity contribution in [1.82, 2.24) is 0 Å².